The smallest absolute Gasteiger partial charge is 0.254 e. The maximum absolute atomic E-state index is 12.4. The van der Waals surface area contributed by atoms with Crippen LogP contribution in [0.3, 0.4) is 0 Å². The second kappa shape index (κ2) is 6.55. The highest BCUT2D eigenvalue weighted by atomic mass is 32.2. The summed E-state index contributed by atoms with van der Waals surface area (Å²) in [7, 11) is -3.84. The zero-order chi connectivity index (χ0) is 15.3. The van der Waals surface area contributed by atoms with Gasteiger partial charge in [-0.05, 0) is 37.1 Å². The lowest BCUT2D eigenvalue weighted by molar-refractivity contribution is 0.0776. The van der Waals surface area contributed by atoms with Gasteiger partial charge in [-0.15, -0.1) is 6.42 Å². The van der Waals surface area contributed by atoms with E-state index in [0.717, 1.165) is 6.42 Å². The summed E-state index contributed by atoms with van der Waals surface area (Å²) in [6.07, 6.45) is 6.01. The molecule has 20 heavy (non-hydrogen) atoms. The molecular formula is C14H18N2O3S. The van der Waals surface area contributed by atoms with Crippen LogP contribution in [-0.4, -0.2) is 32.3 Å². The Morgan fingerprint density at radius 3 is 2.55 bits per heavy atom. The second-order valence-electron chi connectivity index (χ2n) is 4.51. The molecule has 0 unspecified atom stereocenters. The predicted molar refractivity (Wildman–Crippen MR) is 77.6 cm³/mol. The Hall–Kier alpha value is -1.84. The van der Waals surface area contributed by atoms with Gasteiger partial charge in [0.1, 0.15) is 0 Å². The number of primary sulfonamides is 1. The number of hydrogen-bond donors (Lipinski definition) is 1. The van der Waals surface area contributed by atoms with Gasteiger partial charge in [0.2, 0.25) is 10.0 Å². The Morgan fingerprint density at radius 1 is 1.40 bits per heavy atom. The van der Waals surface area contributed by atoms with E-state index in [1.165, 1.54) is 17.0 Å². The summed E-state index contributed by atoms with van der Waals surface area (Å²) in [6.45, 7) is 4.34. The van der Waals surface area contributed by atoms with E-state index in [9.17, 15) is 13.2 Å². The minimum absolute atomic E-state index is 0.0713. The first-order valence-electron chi connectivity index (χ1n) is 6.16. The highest BCUT2D eigenvalue weighted by Crippen LogP contribution is 2.15. The largest absolute Gasteiger partial charge is 0.328 e. The van der Waals surface area contributed by atoms with Crippen molar-refractivity contribution in [3.63, 3.8) is 0 Å². The summed E-state index contributed by atoms with van der Waals surface area (Å²) in [5.41, 5.74) is 0.926. The van der Waals surface area contributed by atoms with Gasteiger partial charge in [-0.1, -0.05) is 12.8 Å². The van der Waals surface area contributed by atoms with Gasteiger partial charge in [0.15, 0.2) is 0 Å². The molecule has 0 atom stereocenters. The lowest BCUT2D eigenvalue weighted by atomic mass is 10.1. The average molecular weight is 294 g/mol. The van der Waals surface area contributed by atoms with E-state index in [2.05, 4.69) is 5.92 Å². The zero-order valence-corrected chi connectivity index (χ0v) is 12.4. The van der Waals surface area contributed by atoms with Crippen LogP contribution < -0.4 is 5.14 Å². The molecule has 1 amide bonds. The summed E-state index contributed by atoms with van der Waals surface area (Å²) in [5.74, 6) is 2.13. The third kappa shape index (κ3) is 4.08. The number of nitrogens with two attached hydrogens (primary N) is 1. The molecule has 0 aliphatic heterocycles. The number of rotatable bonds is 5. The molecule has 0 aliphatic rings. The Kier molecular flexibility index (Phi) is 5.31. The Labute approximate surface area is 119 Å². The Balaban J connectivity index is 3.22. The van der Waals surface area contributed by atoms with Crippen LogP contribution in [0.25, 0.3) is 0 Å². The monoisotopic (exact) mass is 294 g/mol. The number of benzene rings is 1. The summed E-state index contributed by atoms with van der Waals surface area (Å²) < 4.78 is 22.8. The van der Waals surface area contributed by atoms with E-state index in [1.54, 1.807) is 13.0 Å². The maximum atomic E-state index is 12.4. The molecule has 5 nitrogen and oxygen atoms in total. The standard InChI is InChI=1S/C14H18N2O3S/c1-4-6-16(7-5-2)14(17)12-8-11(3)9-13(10-12)20(15,18)19/h1,8-10H,5-7H2,2-3H3,(H2,15,18,19). The van der Waals surface area contributed by atoms with Gasteiger partial charge >= 0.3 is 0 Å². The van der Waals surface area contributed by atoms with Gasteiger partial charge in [-0.2, -0.15) is 0 Å². The van der Waals surface area contributed by atoms with Crippen molar-refractivity contribution < 1.29 is 13.2 Å². The molecule has 0 radical (unpaired) electrons. The van der Waals surface area contributed by atoms with E-state index >= 15 is 0 Å². The first-order chi connectivity index (χ1) is 9.29. The number of amides is 1. The molecule has 0 heterocycles. The van der Waals surface area contributed by atoms with Crippen molar-refractivity contribution in [2.24, 2.45) is 5.14 Å². The fourth-order valence-electron chi connectivity index (χ4n) is 1.85. The van der Waals surface area contributed by atoms with E-state index in [-0.39, 0.29) is 22.9 Å². The van der Waals surface area contributed by atoms with Crippen LogP contribution in [-0.2, 0) is 10.0 Å². The Bertz CT molecular complexity index is 645. The predicted octanol–water partition coefficient (Wildman–Crippen LogP) is 1.13. The van der Waals surface area contributed by atoms with Crippen molar-refractivity contribution in [2.45, 2.75) is 25.2 Å². The van der Waals surface area contributed by atoms with Crippen molar-refractivity contribution in [3.05, 3.63) is 29.3 Å². The normalized spacial score (nSPS) is 10.9. The fraction of sp³-hybridized carbons (Fsp3) is 0.357. The van der Waals surface area contributed by atoms with Crippen LogP contribution in [0.15, 0.2) is 23.1 Å². The van der Waals surface area contributed by atoms with Gasteiger partial charge in [0.05, 0.1) is 11.4 Å². The third-order valence-corrected chi connectivity index (χ3v) is 3.58. The van der Waals surface area contributed by atoms with Crippen molar-refractivity contribution >= 4 is 15.9 Å². The van der Waals surface area contributed by atoms with Crippen molar-refractivity contribution in [2.75, 3.05) is 13.1 Å². The quantitative estimate of drug-likeness (QED) is 0.827. The highest BCUT2D eigenvalue weighted by Gasteiger charge is 2.17. The van der Waals surface area contributed by atoms with Crippen molar-refractivity contribution in [3.8, 4) is 12.3 Å². The Morgan fingerprint density at radius 2 is 2.05 bits per heavy atom. The summed E-state index contributed by atoms with van der Waals surface area (Å²) in [5, 5.41) is 5.10. The molecule has 0 saturated heterocycles. The maximum Gasteiger partial charge on any atom is 0.254 e. The molecule has 108 valence electrons. The molecule has 6 heteroatoms. The van der Waals surface area contributed by atoms with Crippen molar-refractivity contribution in [1.29, 1.82) is 0 Å². The molecular weight excluding hydrogens is 276 g/mol. The molecule has 0 aromatic heterocycles. The van der Waals surface area contributed by atoms with Crippen LogP contribution in [0.5, 0.6) is 0 Å². The number of terminal acetylenes is 1. The lowest BCUT2D eigenvalue weighted by Gasteiger charge is -2.20. The van der Waals surface area contributed by atoms with Gasteiger partial charge in [0.25, 0.3) is 5.91 Å². The molecule has 1 aromatic rings. The van der Waals surface area contributed by atoms with E-state index in [1.807, 2.05) is 6.92 Å². The minimum Gasteiger partial charge on any atom is -0.328 e. The number of carbonyl (C=O) groups is 1. The van der Waals surface area contributed by atoms with Gasteiger partial charge in [0, 0.05) is 12.1 Å². The van der Waals surface area contributed by atoms with Crippen molar-refractivity contribution in [1.82, 2.24) is 4.90 Å². The molecule has 0 bridgehead atoms. The summed E-state index contributed by atoms with van der Waals surface area (Å²) >= 11 is 0. The first-order valence-corrected chi connectivity index (χ1v) is 7.71. The van der Waals surface area contributed by atoms with Crippen LogP contribution in [0.1, 0.15) is 29.3 Å². The van der Waals surface area contributed by atoms with Crippen LogP contribution >= 0.6 is 0 Å². The van der Waals surface area contributed by atoms with Gasteiger partial charge in [-0.25, -0.2) is 13.6 Å². The minimum atomic E-state index is -3.84. The molecule has 0 fully saturated rings. The third-order valence-electron chi connectivity index (χ3n) is 2.69. The van der Waals surface area contributed by atoms with Gasteiger partial charge < -0.3 is 4.90 Å². The van der Waals surface area contributed by atoms with Gasteiger partial charge in [-0.3, -0.25) is 4.79 Å². The molecule has 0 spiro atoms. The zero-order valence-electron chi connectivity index (χ0n) is 11.6. The first kappa shape index (κ1) is 16.2. The summed E-state index contributed by atoms with van der Waals surface area (Å²) in [4.78, 5) is 13.8. The fourth-order valence-corrected chi connectivity index (χ4v) is 2.49. The highest BCUT2D eigenvalue weighted by molar-refractivity contribution is 7.89. The van der Waals surface area contributed by atoms with E-state index in [0.29, 0.717) is 12.1 Å². The molecule has 1 aromatic carbocycles. The van der Waals surface area contributed by atoms with Crippen LogP contribution in [0, 0.1) is 19.3 Å². The van der Waals surface area contributed by atoms with E-state index in [4.69, 9.17) is 11.6 Å². The number of aryl methyl sites for hydroxylation is 1. The van der Waals surface area contributed by atoms with Crippen LogP contribution in [0.4, 0.5) is 0 Å². The topological polar surface area (TPSA) is 80.5 Å². The summed E-state index contributed by atoms with van der Waals surface area (Å²) in [6, 6.07) is 4.33. The molecule has 2 N–H and O–H groups in total. The number of carbonyl (C=O) groups excluding carboxylic acids is 1. The second-order valence-corrected chi connectivity index (χ2v) is 6.07. The number of nitrogens with zero attached hydrogens (tertiary/aromatic N) is 1. The van der Waals surface area contributed by atoms with Crippen LogP contribution in [0.2, 0.25) is 0 Å². The lowest BCUT2D eigenvalue weighted by Crippen LogP contribution is -2.32. The SMILES string of the molecule is C#CCN(CCC)C(=O)c1cc(C)cc(S(N)(=O)=O)c1. The molecule has 0 saturated carbocycles. The number of hydrogen-bond acceptors (Lipinski definition) is 3. The molecule has 0 aliphatic carbocycles. The number of sulfonamides is 1. The average Bonchev–Trinajstić information content (AvgIpc) is 2.36. The molecule has 1 rings (SSSR count). The van der Waals surface area contributed by atoms with E-state index < -0.39 is 10.0 Å².